The number of benzene rings is 1. The van der Waals surface area contributed by atoms with Crippen molar-refractivity contribution < 1.29 is 8.78 Å². The minimum Gasteiger partial charge on any atom is -0.313 e. The fourth-order valence-electron chi connectivity index (χ4n) is 2.86. The molecule has 1 aliphatic rings. The van der Waals surface area contributed by atoms with Crippen molar-refractivity contribution in [3.63, 3.8) is 0 Å². The van der Waals surface area contributed by atoms with E-state index < -0.39 is 11.6 Å². The lowest BCUT2D eigenvalue weighted by Gasteiger charge is -2.27. The van der Waals surface area contributed by atoms with E-state index in [4.69, 9.17) is 0 Å². The van der Waals surface area contributed by atoms with Crippen LogP contribution in [0.2, 0.25) is 0 Å². The minimum absolute atomic E-state index is 0.448. The van der Waals surface area contributed by atoms with Crippen LogP contribution >= 0.6 is 0 Å². The molecule has 0 radical (unpaired) electrons. The standard InChI is InChI=1S/C16H24F2N2/c1-12(2)9-20(11-14-6-4-8-19-14)10-13-5-3-7-15(17)16(13)18/h3,5,7,12,14,19H,4,6,8-11H2,1-2H3. The summed E-state index contributed by atoms with van der Waals surface area (Å²) >= 11 is 0. The molecule has 1 N–H and O–H groups in total. The van der Waals surface area contributed by atoms with Crippen LogP contribution in [0.3, 0.4) is 0 Å². The van der Waals surface area contributed by atoms with E-state index in [0.29, 0.717) is 24.1 Å². The highest BCUT2D eigenvalue weighted by atomic mass is 19.2. The van der Waals surface area contributed by atoms with Crippen LogP contribution in [0.15, 0.2) is 18.2 Å². The number of hydrogen-bond acceptors (Lipinski definition) is 2. The summed E-state index contributed by atoms with van der Waals surface area (Å²) in [6.07, 6.45) is 2.37. The molecular formula is C16H24F2N2. The number of nitrogens with zero attached hydrogens (tertiary/aromatic N) is 1. The van der Waals surface area contributed by atoms with E-state index in [-0.39, 0.29) is 0 Å². The molecule has 1 aromatic rings. The highest BCUT2D eigenvalue weighted by molar-refractivity contribution is 5.18. The summed E-state index contributed by atoms with van der Waals surface area (Å²) in [5, 5.41) is 3.46. The summed E-state index contributed by atoms with van der Waals surface area (Å²) in [4.78, 5) is 2.23. The zero-order chi connectivity index (χ0) is 14.5. The van der Waals surface area contributed by atoms with Gasteiger partial charge in [0, 0.05) is 31.2 Å². The van der Waals surface area contributed by atoms with Gasteiger partial charge in [0.2, 0.25) is 0 Å². The highest BCUT2D eigenvalue weighted by Crippen LogP contribution is 2.16. The summed E-state index contributed by atoms with van der Waals surface area (Å²) in [5.41, 5.74) is 0.448. The Morgan fingerprint density at radius 1 is 1.35 bits per heavy atom. The van der Waals surface area contributed by atoms with Crippen molar-refractivity contribution in [3.8, 4) is 0 Å². The van der Waals surface area contributed by atoms with Crippen molar-refractivity contribution in [3.05, 3.63) is 35.4 Å². The first-order chi connectivity index (χ1) is 9.56. The molecule has 0 aromatic heterocycles. The second-order valence-electron chi connectivity index (χ2n) is 6.09. The smallest absolute Gasteiger partial charge is 0.163 e. The molecule has 4 heteroatoms. The lowest BCUT2D eigenvalue weighted by Crippen LogP contribution is -2.39. The topological polar surface area (TPSA) is 15.3 Å². The van der Waals surface area contributed by atoms with E-state index in [9.17, 15) is 8.78 Å². The van der Waals surface area contributed by atoms with Crippen LogP contribution < -0.4 is 5.32 Å². The summed E-state index contributed by atoms with van der Waals surface area (Å²) in [5.74, 6) is -0.959. The van der Waals surface area contributed by atoms with Gasteiger partial charge in [0.25, 0.3) is 0 Å². The summed E-state index contributed by atoms with van der Waals surface area (Å²) < 4.78 is 27.1. The van der Waals surface area contributed by atoms with Gasteiger partial charge in [-0.25, -0.2) is 8.78 Å². The van der Waals surface area contributed by atoms with Crippen LogP contribution in [0, 0.1) is 17.6 Å². The normalized spacial score (nSPS) is 19.2. The third-order valence-electron chi connectivity index (χ3n) is 3.69. The zero-order valence-corrected chi connectivity index (χ0v) is 12.3. The fraction of sp³-hybridized carbons (Fsp3) is 0.625. The third kappa shape index (κ3) is 4.25. The molecule has 1 saturated heterocycles. The van der Waals surface area contributed by atoms with Gasteiger partial charge in [0.15, 0.2) is 11.6 Å². The van der Waals surface area contributed by atoms with Crippen molar-refractivity contribution >= 4 is 0 Å². The Morgan fingerprint density at radius 3 is 2.80 bits per heavy atom. The molecule has 1 heterocycles. The van der Waals surface area contributed by atoms with E-state index in [1.165, 1.54) is 18.9 Å². The van der Waals surface area contributed by atoms with Crippen LogP contribution in [0.5, 0.6) is 0 Å². The van der Waals surface area contributed by atoms with Crippen molar-refractivity contribution in [2.45, 2.75) is 39.3 Å². The molecule has 0 saturated carbocycles. The molecule has 0 spiro atoms. The maximum Gasteiger partial charge on any atom is 0.163 e. The second-order valence-corrected chi connectivity index (χ2v) is 6.09. The van der Waals surface area contributed by atoms with Crippen LogP contribution in [-0.4, -0.2) is 30.6 Å². The molecule has 1 fully saturated rings. The molecule has 0 amide bonds. The van der Waals surface area contributed by atoms with Crippen LogP contribution in [0.1, 0.15) is 32.3 Å². The van der Waals surface area contributed by atoms with Gasteiger partial charge in [-0.3, -0.25) is 4.90 Å². The van der Waals surface area contributed by atoms with Gasteiger partial charge in [-0.05, 0) is 31.4 Å². The van der Waals surface area contributed by atoms with Crippen LogP contribution in [0.4, 0.5) is 8.78 Å². The van der Waals surface area contributed by atoms with E-state index in [2.05, 4.69) is 24.1 Å². The Morgan fingerprint density at radius 2 is 2.15 bits per heavy atom. The van der Waals surface area contributed by atoms with E-state index in [1.54, 1.807) is 12.1 Å². The quantitative estimate of drug-likeness (QED) is 0.862. The molecule has 1 aromatic carbocycles. The zero-order valence-electron chi connectivity index (χ0n) is 12.3. The predicted molar refractivity (Wildman–Crippen MR) is 77.5 cm³/mol. The third-order valence-corrected chi connectivity index (χ3v) is 3.69. The minimum atomic E-state index is -0.758. The molecular weight excluding hydrogens is 258 g/mol. The van der Waals surface area contributed by atoms with Gasteiger partial charge >= 0.3 is 0 Å². The molecule has 1 atom stereocenters. The molecule has 112 valence electrons. The van der Waals surface area contributed by atoms with E-state index in [0.717, 1.165) is 19.6 Å². The lowest BCUT2D eigenvalue weighted by atomic mass is 10.1. The summed E-state index contributed by atoms with van der Waals surface area (Å²) in [6.45, 7) is 7.63. The number of rotatable bonds is 6. The Balaban J connectivity index is 2.03. The molecule has 1 aliphatic heterocycles. The second kappa shape index (κ2) is 7.14. The van der Waals surface area contributed by atoms with Crippen molar-refractivity contribution in [1.29, 1.82) is 0 Å². The number of halogens is 2. The first-order valence-electron chi connectivity index (χ1n) is 7.45. The fourth-order valence-corrected chi connectivity index (χ4v) is 2.86. The van der Waals surface area contributed by atoms with Gasteiger partial charge in [-0.15, -0.1) is 0 Å². The number of nitrogens with one attached hydrogen (secondary N) is 1. The first-order valence-corrected chi connectivity index (χ1v) is 7.45. The van der Waals surface area contributed by atoms with Crippen molar-refractivity contribution in [1.82, 2.24) is 10.2 Å². The first kappa shape index (κ1) is 15.4. The Bertz CT molecular complexity index is 428. The maximum atomic E-state index is 13.8. The van der Waals surface area contributed by atoms with E-state index >= 15 is 0 Å². The van der Waals surface area contributed by atoms with Gasteiger partial charge in [0.1, 0.15) is 0 Å². The molecule has 2 nitrogen and oxygen atoms in total. The van der Waals surface area contributed by atoms with E-state index in [1.807, 2.05) is 0 Å². The Hall–Kier alpha value is -1.00. The number of hydrogen-bond donors (Lipinski definition) is 1. The molecule has 1 unspecified atom stereocenters. The van der Waals surface area contributed by atoms with Gasteiger partial charge in [-0.1, -0.05) is 26.0 Å². The molecule has 0 bridgehead atoms. The summed E-state index contributed by atoms with van der Waals surface area (Å²) in [6, 6.07) is 4.90. The average molecular weight is 282 g/mol. The Labute approximate surface area is 120 Å². The monoisotopic (exact) mass is 282 g/mol. The van der Waals surface area contributed by atoms with Gasteiger partial charge in [0.05, 0.1) is 0 Å². The molecule has 20 heavy (non-hydrogen) atoms. The summed E-state index contributed by atoms with van der Waals surface area (Å²) in [7, 11) is 0. The lowest BCUT2D eigenvalue weighted by molar-refractivity contribution is 0.213. The largest absolute Gasteiger partial charge is 0.313 e. The predicted octanol–water partition coefficient (Wildman–Crippen LogP) is 3.17. The van der Waals surface area contributed by atoms with Crippen molar-refractivity contribution in [2.75, 3.05) is 19.6 Å². The molecule has 2 rings (SSSR count). The van der Waals surface area contributed by atoms with Crippen LogP contribution in [-0.2, 0) is 6.54 Å². The molecule has 0 aliphatic carbocycles. The Kier molecular flexibility index (Phi) is 5.49. The van der Waals surface area contributed by atoms with Gasteiger partial charge < -0.3 is 5.32 Å². The van der Waals surface area contributed by atoms with Crippen molar-refractivity contribution in [2.24, 2.45) is 5.92 Å². The van der Waals surface area contributed by atoms with Crippen LogP contribution in [0.25, 0.3) is 0 Å². The maximum absolute atomic E-state index is 13.8. The SMILES string of the molecule is CC(C)CN(Cc1cccc(F)c1F)CC1CCCN1. The average Bonchev–Trinajstić information content (AvgIpc) is 2.87. The van der Waals surface area contributed by atoms with Gasteiger partial charge in [-0.2, -0.15) is 0 Å². The highest BCUT2D eigenvalue weighted by Gasteiger charge is 2.20.